The second-order valence-electron chi connectivity index (χ2n) is 9.15. The predicted octanol–water partition coefficient (Wildman–Crippen LogP) is 4.75. The van der Waals surface area contributed by atoms with Gasteiger partial charge in [0, 0.05) is 17.3 Å². The van der Waals surface area contributed by atoms with Gasteiger partial charge in [-0.3, -0.25) is 14.4 Å². The maximum atomic E-state index is 13.1. The number of nitrogens with zero attached hydrogens (tertiary/aromatic N) is 1. The fraction of sp³-hybridized carbons (Fsp3) is 0.333. The number of ether oxygens (including phenoxy) is 1. The molecule has 4 rings (SSSR count). The Morgan fingerprint density at radius 3 is 2.33 bits per heavy atom. The van der Waals surface area contributed by atoms with Gasteiger partial charge in [-0.25, -0.2) is 9.69 Å². The summed E-state index contributed by atoms with van der Waals surface area (Å²) >= 11 is 6.23. The first-order valence-corrected chi connectivity index (χ1v) is 12.4. The zero-order chi connectivity index (χ0) is 25.8. The molecule has 0 aromatic heterocycles. The number of imide groups is 1. The second kappa shape index (κ2) is 11.0. The first kappa shape index (κ1) is 25.4. The molecule has 0 unspecified atom stereocenters. The van der Waals surface area contributed by atoms with Crippen LogP contribution in [0.5, 0.6) is 0 Å². The minimum Gasteiger partial charge on any atom is -0.459 e. The molecule has 3 amide bonds. The van der Waals surface area contributed by atoms with Crippen LogP contribution in [0, 0.1) is 0 Å². The van der Waals surface area contributed by atoms with Crippen LogP contribution in [-0.4, -0.2) is 35.8 Å². The largest absolute Gasteiger partial charge is 0.459 e. The summed E-state index contributed by atoms with van der Waals surface area (Å²) < 4.78 is 5.19. The molecule has 2 aliphatic rings. The van der Waals surface area contributed by atoms with E-state index in [4.69, 9.17) is 16.3 Å². The number of benzene rings is 2. The molecular formula is C27H28ClN3O5. The van der Waals surface area contributed by atoms with Crippen LogP contribution >= 0.6 is 11.6 Å². The highest BCUT2D eigenvalue weighted by Crippen LogP contribution is 2.31. The Labute approximate surface area is 214 Å². The van der Waals surface area contributed by atoms with Crippen molar-refractivity contribution in [2.24, 2.45) is 0 Å². The van der Waals surface area contributed by atoms with E-state index in [1.807, 2.05) is 0 Å². The third kappa shape index (κ3) is 5.60. The van der Waals surface area contributed by atoms with Crippen LogP contribution in [0.2, 0.25) is 0 Å². The number of carbonyl (C=O) groups excluding carboxylic acids is 4. The third-order valence-electron chi connectivity index (χ3n) is 6.07. The average Bonchev–Trinajstić information content (AvgIpc) is 3.07. The molecule has 188 valence electrons. The fourth-order valence-corrected chi connectivity index (χ4v) is 4.48. The van der Waals surface area contributed by atoms with Crippen molar-refractivity contribution >= 4 is 46.7 Å². The van der Waals surface area contributed by atoms with E-state index in [1.54, 1.807) is 50.2 Å². The zero-order valence-electron chi connectivity index (χ0n) is 20.2. The number of amides is 3. The highest BCUT2D eigenvalue weighted by Gasteiger charge is 2.39. The van der Waals surface area contributed by atoms with Gasteiger partial charge in [-0.1, -0.05) is 36.9 Å². The number of carbonyl (C=O) groups is 4. The Bertz CT molecular complexity index is 1220. The molecule has 36 heavy (non-hydrogen) atoms. The number of halogens is 1. The molecule has 2 N–H and O–H groups in total. The van der Waals surface area contributed by atoms with Crippen LogP contribution < -0.4 is 15.5 Å². The van der Waals surface area contributed by atoms with Gasteiger partial charge in [-0.05, 0) is 69.2 Å². The average molecular weight is 510 g/mol. The molecule has 1 saturated carbocycles. The van der Waals surface area contributed by atoms with Crippen LogP contribution in [-0.2, 0) is 14.3 Å². The number of anilines is 2. The van der Waals surface area contributed by atoms with Gasteiger partial charge in [-0.15, -0.1) is 0 Å². The fourth-order valence-electron chi connectivity index (χ4n) is 4.26. The van der Waals surface area contributed by atoms with Gasteiger partial charge in [0.05, 0.1) is 17.4 Å². The summed E-state index contributed by atoms with van der Waals surface area (Å²) in [5.74, 6) is -2.06. The van der Waals surface area contributed by atoms with Crippen molar-refractivity contribution in [1.29, 1.82) is 0 Å². The molecule has 9 heteroatoms. The lowest BCUT2D eigenvalue weighted by Crippen LogP contribution is -2.36. The number of esters is 1. The lowest BCUT2D eigenvalue weighted by atomic mass is 9.95. The summed E-state index contributed by atoms with van der Waals surface area (Å²) in [6.07, 6.45) is 5.13. The normalized spacial score (nSPS) is 16.5. The molecule has 1 heterocycles. The predicted molar refractivity (Wildman–Crippen MR) is 137 cm³/mol. The molecule has 1 aliphatic heterocycles. The first-order chi connectivity index (χ1) is 17.2. The molecule has 0 radical (unpaired) electrons. The summed E-state index contributed by atoms with van der Waals surface area (Å²) in [7, 11) is 0. The van der Waals surface area contributed by atoms with Crippen LogP contribution in [0.15, 0.2) is 59.3 Å². The van der Waals surface area contributed by atoms with E-state index in [2.05, 4.69) is 10.6 Å². The van der Waals surface area contributed by atoms with E-state index < -0.39 is 17.8 Å². The lowest BCUT2D eigenvalue weighted by Gasteiger charge is -2.22. The maximum Gasteiger partial charge on any atom is 0.338 e. The molecule has 2 aromatic rings. The Balaban J connectivity index is 1.45. The number of nitrogens with one attached hydrogen (secondary N) is 2. The van der Waals surface area contributed by atoms with Gasteiger partial charge in [-0.2, -0.15) is 0 Å². The van der Waals surface area contributed by atoms with Crippen LogP contribution in [0.1, 0.15) is 66.7 Å². The summed E-state index contributed by atoms with van der Waals surface area (Å²) in [6.45, 7) is 3.46. The van der Waals surface area contributed by atoms with E-state index in [0.717, 1.165) is 30.6 Å². The van der Waals surface area contributed by atoms with Crippen molar-refractivity contribution in [2.75, 3.05) is 10.2 Å². The molecular weight excluding hydrogens is 482 g/mol. The monoisotopic (exact) mass is 509 g/mol. The molecule has 8 nitrogen and oxygen atoms in total. The Morgan fingerprint density at radius 2 is 1.67 bits per heavy atom. The van der Waals surface area contributed by atoms with Gasteiger partial charge in [0.25, 0.3) is 17.7 Å². The van der Waals surface area contributed by atoms with Crippen LogP contribution in [0.3, 0.4) is 0 Å². The topological polar surface area (TPSA) is 105 Å². The standard InChI is InChI=1S/C27H28ClN3O5/c1-16(2)36-27(35)18-7-6-10-21(15-18)31-25(33)22(28)23(26(31)34)29-20-13-11-17(12-14-20)24(32)30-19-8-4-3-5-9-19/h6-7,10-16,19,29H,3-5,8-9H2,1-2H3,(H,30,32). The van der Waals surface area contributed by atoms with E-state index in [0.29, 0.717) is 11.3 Å². The van der Waals surface area contributed by atoms with Crippen molar-refractivity contribution in [1.82, 2.24) is 5.32 Å². The van der Waals surface area contributed by atoms with Crippen molar-refractivity contribution < 1.29 is 23.9 Å². The molecule has 0 atom stereocenters. The Morgan fingerprint density at radius 1 is 0.972 bits per heavy atom. The third-order valence-corrected chi connectivity index (χ3v) is 6.42. The Hall–Kier alpha value is -3.65. The van der Waals surface area contributed by atoms with Crippen molar-refractivity contribution in [2.45, 2.75) is 58.1 Å². The van der Waals surface area contributed by atoms with E-state index in [9.17, 15) is 19.2 Å². The van der Waals surface area contributed by atoms with Crippen LogP contribution in [0.4, 0.5) is 11.4 Å². The first-order valence-electron chi connectivity index (χ1n) is 12.0. The highest BCUT2D eigenvalue weighted by atomic mass is 35.5. The quantitative estimate of drug-likeness (QED) is 0.412. The summed E-state index contributed by atoms with van der Waals surface area (Å²) in [5, 5.41) is 5.69. The molecule has 1 aliphatic carbocycles. The van der Waals surface area contributed by atoms with Gasteiger partial charge in [0.15, 0.2) is 0 Å². The Kier molecular flexibility index (Phi) is 7.74. The van der Waals surface area contributed by atoms with Gasteiger partial charge in [0.2, 0.25) is 0 Å². The minimum absolute atomic E-state index is 0.0868. The smallest absolute Gasteiger partial charge is 0.338 e. The minimum atomic E-state index is -0.706. The lowest BCUT2D eigenvalue weighted by molar-refractivity contribution is -0.120. The SMILES string of the molecule is CC(C)OC(=O)c1cccc(N2C(=O)C(Cl)=C(Nc3ccc(C(=O)NC4CCCCC4)cc3)C2=O)c1. The second-order valence-corrected chi connectivity index (χ2v) is 9.53. The number of rotatable bonds is 7. The number of hydrogen-bond acceptors (Lipinski definition) is 6. The highest BCUT2D eigenvalue weighted by molar-refractivity contribution is 6.53. The molecule has 1 fully saturated rings. The molecule has 0 spiro atoms. The summed E-state index contributed by atoms with van der Waals surface area (Å²) in [4.78, 5) is 51.6. The van der Waals surface area contributed by atoms with E-state index in [-0.39, 0.29) is 40.0 Å². The molecule has 2 aromatic carbocycles. The number of hydrogen-bond donors (Lipinski definition) is 2. The summed E-state index contributed by atoms with van der Waals surface area (Å²) in [5.41, 5.74) is 1.33. The van der Waals surface area contributed by atoms with Gasteiger partial charge in [0.1, 0.15) is 10.7 Å². The van der Waals surface area contributed by atoms with Crippen LogP contribution in [0.25, 0.3) is 0 Å². The van der Waals surface area contributed by atoms with Crippen molar-refractivity contribution in [3.63, 3.8) is 0 Å². The van der Waals surface area contributed by atoms with E-state index >= 15 is 0 Å². The van der Waals surface area contributed by atoms with Gasteiger partial charge >= 0.3 is 5.97 Å². The maximum absolute atomic E-state index is 13.1. The summed E-state index contributed by atoms with van der Waals surface area (Å²) in [6, 6.07) is 12.8. The molecule has 0 saturated heterocycles. The zero-order valence-corrected chi connectivity index (χ0v) is 20.9. The van der Waals surface area contributed by atoms with Crippen molar-refractivity contribution in [3.8, 4) is 0 Å². The van der Waals surface area contributed by atoms with E-state index in [1.165, 1.54) is 18.6 Å². The van der Waals surface area contributed by atoms with Gasteiger partial charge < -0.3 is 15.4 Å². The molecule has 0 bridgehead atoms. The van der Waals surface area contributed by atoms with Crippen molar-refractivity contribution in [3.05, 3.63) is 70.4 Å².